The van der Waals surface area contributed by atoms with Crippen molar-refractivity contribution < 1.29 is 14.6 Å². The number of fused-ring (bicyclic) bond motifs is 1. The van der Waals surface area contributed by atoms with Crippen LogP contribution in [0.3, 0.4) is 0 Å². The first-order valence-electron chi connectivity index (χ1n) is 10.2. The van der Waals surface area contributed by atoms with Crippen LogP contribution in [0.1, 0.15) is 36.8 Å². The molecular formula is C25H26ClNO3. The summed E-state index contributed by atoms with van der Waals surface area (Å²) < 4.78 is 7.52. The lowest BCUT2D eigenvalue weighted by Gasteiger charge is -2.30. The van der Waals surface area contributed by atoms with Gasteiger partial charge in [0.1, 0.15) is 6.61 Å². The first-order chi connectivity index (χ1) is 14.4. The summed E-state index contributed by atoms with van der Waals surface area (Å²) in [7, 11) is 0. The third-order valence-electron chi connectivity index (χ3n) is 5.79. The number of esters is 1. The quantitative estimate of drug-likeness (QED) is 0.564. The van der Waals surface area contributed by atoms with Gasteiger partial charge < -0.3 is 14.4 Å². The summed E-state index contributed by atoms with van der Waals surface area (Å²) in [6.07, 6.45) is 1.07. The highest BCUT2D eigenvalue weighted by molar-refractivity contribution is 6.30. The minimum atomic E-state index is -0.336. The smallest absolute Gasteiger partial charge is 0.311 e. The second kappa shape index (κ2) is 8.29. The molecule has 0 fully saturated rings. The third kappa shape index (κ3) is 3.90. The zero-order valence-corrected chi connectivity index (χ0v) is 18.0. The highest BCUT2D eigenvalue weighted by atomic mass is 35.5. The van der Waals surface area contributed by atoms with Crippen molar-refractivity contribution in [2.75, 3.05) is 13.2 Å². The Balaban J connectivity index is 1.85. The molecule has 4 rings (SSSR count). The Labute approximate surface area is 182 Å². The number of hydrogen-bond acceptors (Lipinski definition) is 3. The Bertz CT molecular complexity index is 1040. The highest BCUT2D eigenvalue weighted by Gasteiger charge is 2.42. The summed E-state index contributed by atoms with van der Waals surface area (Å²) in [5, 5.41) is 9.70. The molecule has 2 heterocycles. The van der Waals surface area contributed by atoms with Crippen molar-refractivity contribution in [3.63, 3.8) is 0 Å². The van der Waals surface area contributed by atoms with E-state index >= 15 is 0 Å². The molecule has 0 radical (unpaired) electrons. The number of aliphatic hydroxyl groups is 1. The molecule has 1 N–H and O–H groups in total. The van der Waals surface area contributed by atoms with E-state index in [9.17, 15) is 4.79 Å². The first-order valence-corrected chi connectivity index (χ1v) is 10.6. The third-order valence-corrected chi connectivity index (χ3v) is 6.05. The number of halogens is 1. The number of carbonyl (C=O) groups is 1. The summed E-state index contributed by atoms with van der Waals surface area (Å²) in [6, 6.07) is 20.5. The van der Waals surface area contributed by atoms with Gasteiger partial charge in [-0.05, 0) is 41.2 Å². The highest BCUT2D eigenvalue weighted by Crippen LogP contribution is 2.49. The van der Waals surface area contributed by atoms with Gasteiger partial charge in [0.2, 0.25) is 0 Å². The largest absolute Gasteiger partial charge is 0.463 e. The van der Waals surface area contributed by atoms with Gasteiger partial charge >= 0.3 is 5.97 Å². The molecule has 0 amide bonds. The maximum absolute atomic E-state index is 12.5. The van der Waals surface area contributed by atoms with Crippen molar-refractivity contribution in [2.45, 2.75) is 32.7 Å². The maximum atomic E-state index is 12.5. The average Bonchev–Trinajstić information content (AvgIpc) is 3.18. The first kappa shape index (κ1) is 20.7. The number of ether oxygens (including phenoxy) is 1. The number of hydrogen-bond donors (Lipinski definition) is 1. The zero-order valence-electron chi connectivity index (χ0n) is 17.3. The fourth-order valence-electron chi connectivity index (χ4n) is 4.64. The minimum Gasteiger partial charge on any atom is -0.463 e. The van der Waals surface area contributed by atoms with Crippen molar-refractivity contribution in [1.82, 2.24) is 4.57 Å². The number of aliphatic hydroxyl groups excluding tert-OH is 1. The second-order valence-electron chi connectivity index (χ2n) is 8.47. The molecule has 0 aliphatic carbocycles. The molecule has 0 bridgehead atoms. The van der Waals surface area contributed by atoms with Gasteiger partial charge in [-0.15, -0.1) is 0 Å². The lowest BCUT2D eigenvalue weighted by atomic mass is 9.79. The Morgan fingerprint density at radius 2 is 1.87 bits per heavy atom. The number of rotatable bonds is 6. The van der Waals surface area contributed by atoms with E-state index in [-0.39, 0.29) is 37.1 Å². The van der Waals surface area contributed by atoms with Gasteiger partial charge in [0.25, 0.3) is 0 Å². The Morgan fingerprint density at radius 1 is 1.17 bits per heavy atom. The van der Waals surface area contributed by atoms with Gasteiger partial charge in [0.15, 0.2) is 0 Å². The normalized spacial score (nSPS) is 17.0. The number of benzene rings is 2. The summed E-state index contributed by atoms with van der Waals surface area (Å²) in [5.41, 5.74) is 5.44. The number of nitrogens with zero attached hydrogens (tertiary/aromatic N) is 1. The second-order valence-corrected chi connectivity index (χ2v) is 8.91. The summed E-state index contributed by atoms with van der Waals surface area (Å²) in [6.45, 7) is 4.37. The molecular weight excluding hydrogens is 398 g/mol. The van der Waals surface area contributed by atoms with Crippen LogP contribution in [-0.2, 0) is 22.4 Å². The maximum Gasteiger partial charge on any atom is 0.311 e. The molecule has 3 aromatic rings. The molecule has 1 unspecified atom stereocenters. The van der Waals surface area contributed by atoms with E-state index in [0.717, 1.165) is 23.2 Å². The van der Waals surface area contributed by atoms with E-state index in [0.29, 0.717) is 5.02 Å². The standard InChI is InChI=1S/C25H26ClNO3/c1-25(2)16-20-14-21(17-8-10-19(26)11-9-17)22(15-23(29)30-13-12-28)27(20)24(25)18-6-4-3-5-7-18/h3-11,14,24,28H,12-13,15-16H2,1-2H3. The van der Waals surface area contributed by atoms with Gasteiger partial charge in [0.05, 0.1) is 19.1 Å². The lowest BCUT2D eigenvalue weighted by molar-refractivity contribution is -0.143. The molecule has 5 heteroatoms. The predicted molar refractivity (Wildman–Crippen MR) is 119 cm³/mol. The predicted octanol–water partition coefficient (Wildman–Crippen LogP) is 5.06. The fourth-order valence-corrected chi connectivity index (χ4v) is 4.76. The van der Waals surface area contributed by atoms with Crippen molar-refractivity contribution in [3.8, 4) is 11.1 Å². The van der Waals surface area contributed by atoms with E-state index in [2.05, 4.69) is 48.7 Å². The van der Waals surface area contributed by atoms with Crippen LogP contribution >= 0.6 is 11.6 Å². The van der Waals surface area contributed by atoms with Crippen LogP contribution in [0.25, 0.3) is 11.1 Å². The molecule has 2 aromatic carbocycles. The van der Waals surface area contributed by atoms with Gasteiger partial charge in [0, 0.05) is 22.0 Å². The van der Waals surface area contributed by atoms with E-state index < -0.39 is 0 Å². The van der Waals surface area contributed by atoms with Gasteiger partial charge in [-0.3, -0.25) is 4.79 Å². The molecule has 156 valence electrons. The van der Waals surface area contributed by atoms with Gasteiger partial charge in [-0.2, -0.15) is 0 Å². The summed E-state index contributed by atoms with van der Waals surface area (Å²) >= 11 is 6.09. The van der Waals surface area contributed by atoms with Crippen LogP contribution < -0.4 is 0 Å². The molecule has 0 saturated heterocycles. The van der Waals surface area contributed by atoms with Crippen molar-refractivity contribution in [1.29, 1.82) is 0 Å². The molecule has 30 heavy (non-hydrogen) atoms. The lowest BCUT2D eigenvalue weighted by Crippen LogP contribution is -2.24. The SMILES string of the molecule is CC1(C)Cc2cc(-c3ccc(Cl)cc3)c(CC(=O)OCCO)n2C1c1ccccc1. The molecule has 1 aromatic heterocycles. The average molecular weight is 424 g/mol. The van der Waals surface area contributed by atoms with Crippen LogP contribution in [0.2, 0.25) is 5.02 Å². The minimum absolute atomic E-state index is 0.0102. The van der Waals surface area contributed by atoms with Crippen molar-refractivity contribution in [2.24, 2.45) is 5.41 Å². The number of carbonyl (C=O) groups excluding carboxylic acids is 1. The summed E-state index contributed by atoms with van der Waals surface area (Å²) in [5.74, 6) is -0.336. The van der Waals surface area contributed by atoms with Crippen molar-refractivity contribution in [3.05, 3.63) is 82.6 Å². The van der Waals surface area contributed by atoms with Crippen LogP contribution in [-0.4, -0.2) is 28.9 Å². The van der Waals surface area contributed by atoms with E-state index in [4.69, 9.17) is 21.4 Å². The molecule has 0 spiro atoms. The molecule has 1 aliphatic rings. The van der Waals surface area contributed by atoms with Crippen LogP contribution in [0.5, 0.6) is 0 Å². The molecule has 4 nitrogen and oxygen atoms in total. The Hall–Kier alpha value is -2.56. The van der Waals surface area contributed by atoms with Crippen LogP contribution in [0.15, 0.2) is 60.7 Å². The van der Waals surface area contributed by atoms with Gasteiger partial charge in [-0.25, -0.2) is 0 Å². The molecule has 1 atom stereocenters. The van der Waals surface area contributed by atoms with Crippen LogP contribution in [0.4, 0.5) is 0 Å². The zero-order chi connectivity index (χ0) is 21.3. The van der Waals surface area contributed by atoms with E-state index in [1.165, 1.54) is 11.3 Å². The van der Waals surface area contributed by atoms with E-state index in [1.807, 2.05) is 30.3 Å². The van der Waals surface area contributed by atoms with E-state index in [1.54, 1.807) is 0 Å². The van der Waals surface area contributed by atoms with Crippen molar-refractivity contribution >= 4 is 17.6 Å². The summed E-state index contributed by atoms with van der Waals surface area (Å²) in [4.78, 5) is 12.5. The van der Waals surface area contributed by atoms with Crippen LogP contribution in [0, 0.1) is 5.41 Å². The Morgan fingerprint density at radius 3 is 2.53 bits per heavy atom. The molecule has 0 saturated carbocycles. The monoisotopic (exact) mass is 423 g/mol. The molecule has 1 aliphatic heterocycles. The van der Waals surface area contributed by atoms with Gasteiger partial charge in [-0.1, -0.05) is 67.9 Å². The Kier molecular flexibility index (Phi) is 5.72. The number of aromatic nitrogens is 1. The fraction of sp³-hybridized carbons (Fsp3) is 0.320. The topological polar surface area (TPSA) is 51.5 Å².